The van der Waals surface area contributed by atoms with Gasteiger partial charge in [0, 0.05) is 18.5 Å². The van der Waals surface area contributed by atoms with E-state index in [4.69, 9.17) is 4.52 Å². The molecule has 1 N–H and O–H groups in total. The van der Waals surface area contributed by atoms with Crippen molar-refractivity contribution in [2.75, 3.05) is 24.6 Å². The van der Waals surface area contributed by atoms with Crippen molar-refractivity contribution in [1.82, 2.24) is 20.4 Å². The van der Waals surface area contributed by atoms with Gasteiger partial charge in [-0.05, 0) is 25.0 Å². The number of aromatic nitrogens is 3. The average molecular weight is 351 g/mol. The summed E-state index contributed by atoms with van der Waals surface area (Å²) < 4.78 is 5.44. The molecule has 0 aliphatic carbocycles. The van der Waals surface area contributed by atoms with E-state index in [0.717, 1.165) is 31.3 Å². The number of benzene rings is 1. The summed E-state index contributed by atoms with van der Waals surface area (Å²) >= 11 is 0. The lowest BCUT2D eigenvalue weighted by atomic mass is 10.1. The molecule has 7 heteroatoms. The lowest BCUT2D eigenvalue weighted by Crippen LogP contribution is -2.48. The summed E-state index contributed by atoms with van der Waals surface area (Å²) in [6.45, 7) is 6.22. The Balaban J connectivity index is 1.87. The van der Waals surface area contributed by atoms with E-state index in [1.54, 1.807) is 12.3 Å². The first-order valence-corrected chi connectivity index (χ1v) is 8.85. The molecule has 0 bridgehead atoms. The molecule has 26 heavy (non-hydrogen) atoms. The molecule has 0 spiro atoms. The van der Waals surface area contributed by atoms with Gasteiger partial charge in [0.1, 0.15) is 11.4 Å². The first-order chi connectivity index (χ1) is 12.8. The van der Waals surface area contributed by atoms with Crippen molar-refractivity contribution in [2.45, 2.75) is 19.3 Å². The Morgan fingerprint density at radius 2 is 2.08 bits per heavy atom. The average Bonchev–Trinajstić information content (AvgIpc) is 3.11. The number of rotatable bonds is 5. The molecule has 1 fully saturated rings. The van der Waals surface area contributed by atoms with Crippen LogP contribution in [0.1, 0.15) is 19.3 Å². The molecule has 3 heterocycles. The highest BCUT2D eigenvalue weighted by Gasteiger charge is 2.25. The quantitative estimate of drug-likeness (QED) is 0.712. The van der Waals surface area contributed by atoms with Crippen LogP contribution in [0.15, 0.2) is 52.4 Å². The fourth-order valence-electron chi connectivity index (χ4n) is 3.49. The Labute approximate surface area is 150 Å². The zero-order chi connectivity index (χ0) is 17.9. The van der Waals surface area contributed by atoms with Crippen LogP contribution in [0.25, 0.3) is 22.2 Å². The van der Waals surface area contributed by atoms with Crippen LogP contribution < -0.4 is 10.6 Å². The summed E-state index contributed by atoms with van der Waals surface area (Å²) in [7, 11) is 0. The van der Waals surface area contributed by atoms with Crippen molar-refractivity contribution in [2.24, 2.45) is 0 Å². The highest BCUT2D eigenvalue weighted by atomic mass is 16.5. The number of hydrogen-bond donors (Lipinski definition) is 1. The van der Waals surface area contributed by atoms with Crippen LogP contribution in [0.2, 0.25) is 0 Å². The van der Waals surface area contributed by atoms with E-state index in [9.17, 15) is 4.79 Å². The first kappa shape index (κ1) is 16.5. The molecule has 0 unspecified atom stereocenters. The van der Waals surface area contributed by atoms with E-state index >= 15 is 0 Å². The zero-order valence-corrected chi connectivity index (χ0v) is 14.5. The minimum atomic E-state index is -0.248. The van der Waals surface area contributed by atoms with Gasteiger partial charge in [-0.15, -0.1) is 6.58 Å². The van der Waals surface area contributed by atoms with E-state index in [1.165, 1.54) is 6.42 Å². The number of H-pyrrole nitrogens is 1. The fourth-order valence-corrected chi connectivity index (χ4v) is 3.49. The lowest BCUT2D eigenvalue weighted by molar-refractivity contribution is 0.213. The van der Waals surface area contributed by atoms with E-state index in [1.807, 2.05) is 29.3 Å². The minimum Gasteiger partial charge on any atom is -0.356 e. The first-order valence-electron chi connectivity index (χ1n) is 8.85. The van der Waals surface area contributed by atoms with Gasteiger partial charge in [0.15, 0.2) is 5.58 Å². The van der Waals surface area contributed by atoms with Crippen molar-refractivity contribution < 1.29 is 4.52 Å². The van der Waals surface area contributed by atoms with Gasteiger partial charge < -0.3 is 4.52 Å². The normalized spacial score (nSPS) is 15.2. The van der Waals surface area contributed by atoms with Crippen molar-refractivity contribution in [3.8, 4) is 11.3 Å². The molecule has 3 aromatic rings. The smallest absolute Gasteiger partial charge is 0.289 e. The summed E-state index contributed by atoms with van der Waals surface area (Å²) in [5.41, 5.74) is 2.25. The van der Waals surface area contributed by atoms with Crippen LogP contribution in [-0.2, 0) is 0 Å². The maximum atomic E-state index is 12.8. The second-order valence-corrected chi connectivity index (χ2v) is 6.37. The maximum Gasteiger partial charge on any atom is 0.289 e. The maximum absolute atomic E-state index is 12.8. The van der Waals surface area contributed by atoms with Gasteiger partial charge in [0.25, 0.3) is 5.56 Å². The summed E-state index contributed by atoms with van der Waals surface area (Å²) in [4.78, 5) is 12.8. The standard InChI is InChI=1S/C19H21N5O2/c1-2-10-24(23-11-6-3-7-12-23)18-15(13-20-21-19(18)25)17-14-8-4-5-9-16(14)26-22-17/h2,4-5,8-9,13H,1,3,6-7,10-12H2,(H,21,25). The Bertz CT molecular complexity index is 971. The SMILES string of the molecule is C=CCN(c1c(-c2noc3ccccc23)cn[nH]c1=O)N1CCCCC1. The number of hydrogen-bond acceptors (Lipinski definition) is 6. The number of aromatic amines is 1. The van der Waals surface area contributed by atoms with Crippen molar-refractivity contribution in [1.29, 1.82) is 0 Å². The molecular weight excluding hydrogens is 330 g/mol. The topological polar surface area (TPSA) is 78.3 Å². The van der Waals surface area contributed by atoms with Crippen LogP contribution in [0.5, 0.6) is 0 Å². The number of fused-ring (bicyclic) bond motifs is 1. The van der Waals surface area contributed by atoms with Crippen molar-refractivity contribution in [3.63, 3.8) is 0 Å². The zero-order valence-electron chi connectivity index (χ0n) is 14.5. The molecule has 134 valence electrons. The molecule has 0 atom stereocenters. The Hall–Kier alpha value is -2.93. The van der Waals surface area contributed by atoms with Crippen LogP contribution in [0.4, 0.5) is 5.69 Å². The molecule has 0 saturated carbocycles. The number of para-hydroxylation sites is 1. The third kappa shape index (κ3) is 2.90. The highest BCUT2D eigenvalue weighted by Crippen LogP contribution is 2.33. The van der Waals surface area contributed by atoms with Crippen LogP contribution >= 0.6 is 0 Å². The third-order valence-corrected chi connectivity index (χ3v) is 4.70. The summed E-state index contributed by atoms with van der Waals surface area (Å²) in [6, 6.07) is 7.62. The molecule has 1 aliphatic heterocycles. The highest BCUT2D eigenvalue weighted by molar-refractivity contribution is 5.94. The molecule has 4 rings (SSSR count). The fraction of sp³-hybridized carbons (Fsp3) is 0.316. The molecule has 1 saturated heterocycles. The number of nitrogens with one attached hydrogen (secondary N) is 1. The number of piperidine rings is 1. The summed E-state index contributed by atoms with van der Waals surface area (Å²) in [5.74, 6) is 0. The Kier molecular flexibility index (Phi) is 4.53. The van der Waals surface area contributed by atoms with E-state index in [0.29, 0.717) is 29.1 Å². The summed E-state index contributed by atoms with van der Waals surface area (Å²) in [5, 5.41) is 15.8. The van der Waals surface area contributed by atoms with E-state index in [2.05, 4.69) is 26.9 Å². The second kappa shape index (κ2) is 7.13. The van der Waals surface area contributed by atoms with Crippen LogP contribution in [0.3, 0.4) is 0 Å². The van der Waals surface area contributed by atoms with Crippen LogP contribution in [-0.4, -0.2) is 40.0 Å². The number of anilines is 1. The third-order valence-electron chi connectivity index (χ3n) is 4.70. The molecule has 0 radical (unpaired) electrons. The van der Waals surface area contributed by atoms with Gasteiger partial charge in [-0.1, -0.05) is 29.8 Å². The van der Waals surface area contributed by atoms with Gasteiger partial charge in [-0.2, -0.15) is 5.10 Å². The molecular formula is C19H21N5O2. The van der Waals surface area contributed by atoms with E-state index in [-0.39, 0.29) is 5.56 Å². The summed E-state index contributed by atoms with van der Waals surface area (Å²) in [6.07, 6.45) is 6.88. The van der Waals surface area contributed by atoms with E-state index < -0.39 is 0 Å². The van der Waals surface area contributed by atoms with Gasteiger partial charge in [-0.25, -0.2) is 10.1 Å². The van der Waals surface area contributed by atoms with Gasteiger partial charge in [0.2, 0.25) is 0 Å². The predicted octanol–water partition coefficient (Wildman–Crippen LogP) is 2.97. The molecule has 1 aliphatic rings. The molecule has 0 amide bonds. The largest absolute Gasteiger partial charge is 0.356 e. The predicted molar refractivity (Wildman–Crippen MR) is 101 cm³/mol. The second-order valence-electron chi connectivity index (χ2n) is 6.37. The minimum absolute atomic E-state index is 0.248. The van der Waals surface area contributed by atoms with Crippen LogP contribution in [0, 0.1) is 0 Å². The molecule has 2 aromatic heterocycles. The van der Waals surface area contributed by atoms with Gasteiger partial charge in [0.05, 0.1) is 18.3 Å². The Morgan fingerprint density at radius 1 is 1.27 bits per heavy atom. The monoisotopic (exact) mass is 351 g/mol. The van der Waals surface area contributed by atoms with Crippen molar-refractivity contribution >= 4 is 16.7 Å². The molecule has 1 aromatic carbocycles. The van der Waals surface area contributed by atoms with Gasteiger partial charge in [-0.3, -0.25) is 9.80 Å². The number of nitrogens with zero attached hydrogens (tertiary/aromatic N) is 4. The van der Waals surface area contributed by atoms with Crippen molar-refractivity contribution in [3.05, 3.63) is 53.5 Å². The van der Waals surface area contributed by atoms with Gasteiger partial charge >= 0.3 is 0 Å². The Morgan fingerprint density at radius 3 is 2.88 bits per heavy atom. The number of hydrazine groups is 1. The molecule has 7 nitrogen and oxygen atoms in total. The lowest BCUT2D eigenvalue weighted by Gasteiger charge is -2.38.